The quantitative estimate of drug-likeness (QED) is 0.746. The fourth-order valence-corrected chi connectivity index (χ4v) is 4.14. The zero-order chi connectivity index (χ0) is 14.5. The minimum atomic E-state index is 0.732. The third kappa shape index (κ3) is 4.60. The molecule has 3 unspecified atom stereocenters. The molecule has 0 aromatic carbocycles. The summed E-state index contributed by atoms with van der Waals surface area (Å²) in [6.07, 6.45) is 7.91. The summed E-state index contributed by atoms with van der Waals surface area (Å²) in [6.45, 7) is 14.4. The first-order chi connectivity index (χ1) is 9.56. The molecule has 0 radical (unpaired) electrons. The average Bonchev–Trinajstić information content (AvgIpc) is 2.86. The predicted molar refractivity (Wildman–Crippen MR) is 87.9 cm³/mol. The van der Waals surface area contributed by atoms with E-state index in [-0.39, 0.29) is 0 Å². The van der Waals surface area contributed by atoms with E-state index in [0.29, 0.717) is 0 Å². The number of allylic oxidation sites excluding steroid dienone is 2. The lowest BCUT2D eigenvalue weighted by Gasteiger charge is -2.32. The van der Waals surface area contributed by atoms with Crippen LogP contribution in [0, 0.1) is 17.8 Å². The first-order valence-corrected chi connectivity index (χ1v) is 8.68. The van der Waals surface area contributed by atoms with Crippen LogP contribution in [0.25, 0.3) is 0 Å². The zero-order valence-corrected chi connectivity index (χ0v) is 14.0. The minimum absolute atomic E-state index is 0.732. The maximum atomic E-state index is 3.79. The Bertz CT molecular complexity index is 315. The number of nitrogens with one attached hydrogen (secondary N) is 1. The molecule has 2 aliphatic rings. The van der Waals surface area contributed by atoms with Gasteiger partial charge in [0, 0.05) is 12.6 Å². The van der Waals surface area contributed by atoms with Gasteiger partial charge in [-0.15, -0.1) is 0 Å². The van der Waals surface area contributed by atoms with Gasteiger partial charge in [-0.25, -0.2) is 0 Å². The molecule has 0 amide bonds. The van der Waals surface area contributed by atoms with Gasteiger partial charge in [0.1, 0.15) is 0 Å². The predicted octanol–water partition coefficient (Wildman–Crippen LogP) is 3.69. The monoisotopic (exact) mass is 278 g/mol. The summed E-state index contributed by atoms with van der Waals surface area (Å²) in [5.41, 5.74) is 1.59. The second-order valence-electron chi connectivity index (χ2n) is 7.51. The van der Waals surface area contributed by atoms with Crippen molar-refractivity contribution in [3.8, 4) is 0 Å². The van der Waals surface area contributed by atoms with E-state index in [1.165, 1.54) is 51.9 Å². The van der Waals surface area contributed by atoms with Gasteiger partial charge in [-0.3, -0.25) is 4.90 Å². The van der Waals surface area contributed by atoms with Crippen LogP contribution in [0.2, 0.25) is 0 Å². The maximum absolute atomic E-state index is 3.79. The lowest BCUT2D eigenvalue weighted by Crippen LogP contribution is -2.45. The fraction of sp³-hybridized carbons (Fsp3) is 0.889. The molecule has 0 aromatic heterocycles. The largest absolute Gasteiger partial charge is 0.315 e. The summed E-state index contributed by atoms with van der Waals surface area (Å²) in [5, 5.41) is 3.79. The van der Waals surface area contributed by atoms with E-state index in [1.807, 2.05) is 0 Å². The average molecular weight is 278 g/mol. The molecule has 0 aromatic rings. The Balaban J connectivity index is 1.74. The van der Waals surface area contributed by atoms with Crippen LogP contribution in [-0.2, 0) is 0 Å². The van der Waals surface area contributed by atoms with Crippen molar-refractivity contribution < 1.29 is 0 Å². The molecule has 20 heavy (non-hydrogen) atoms. The van der Waals surface area contributed by atoms with Crippen molar-refractivity contribution in [2.45, 2.75) is 59.4 Å². The van der Waals surface area contributed by atoms with Gasteiger partial charge >= 0.3 is 0 Å². The van der Waals surface area contributed by atoms with Crippen molar-refractivity contribution in [3.05, 3.63) is 11.6 Å². The normalized spacial score (nSPS) is 29.8. The zero-order valence-electron chi connectivity index (χ0n) is 14.0. The highest BCUT2D eigenvalue weighted by molar-refractivity contribution is 5.06. The van der Waals surface area contributed by atoms with Gasteiger partial charge in [-0.05, 0) is 70.0 Å². The van der Waals surface area contributed by atoms with E-state index in [1.54, 1.807) is 5.57 Å². The fourth-order valence-electron chi connectivity index (χ4n) is 4.14. The van der Waals surface area contributed by atoms with Gasteiger partial charge in [0.15, 0.2) is 0 Å². The Morgan fingerprint density at radius 1 is 1.30 bits per heavy atom. The lowest BCUT2D eigenvalue weighted by atomic mass is 9.83. The second kappa shape index (κ2) is 7.61. The number of likely N-dealkylation sites (tertiary alicyclic amines) is 1. The van der Waals surface area contributed by atoms with Crippen LogP contribution >= 0.6 is 0 Å². The topological polar surface area (TPSA) is 15.3 Å². The maximum Gasteiger partial charge on any atom is 0.0243 e. The van der Waals surface area contributed by atoms with Crippen LogP contribution in [0.1, 0.15) is 53.4 Å². The van der Waals surface area contributed by atoms with Crippen molar-refractivity contribution in [3.63, 3.8) is 0 Å². The van der Waals surface area contributed by atoms with Gasteiger partial charge in [0.25, 0.3) is 0 Å². The summed E-state index contributed by atoms with van der Waals surface area (Å²) >= 11 is 0. The molecular formula is C18H34N2. The molecule has 0 bridgehead atoms. The first kappa shape index (κ1) is 16.0. The highest BCUT2D eigenvalue weighted by atomic mass is 15.2. The number of hydrogen-bond donors (Lipinski definition) is 1. The standard InChI is InChI=1S/C18H34N2/c1-14(2)18(20-7-5-6-8-20)13-19-12-17-10-15(3)9-16(4)11-17/h9,14-15,17-19H,5-8,10-13H2,1-4H3. The van der Waals surface area contributed by atoms with E-state index in [4.69, 9.17) is 0 Å². The molecule has 1 saturated heterocycles. The Morgan fingerprint density at radius 2 is 2.00 bits per heavy atom. The summed E-state index contributed by atoms with van der Waals surface area (Å²) < 4.78 is 0. The Labute approximate surface area is 126 Å². The molecule has 1 fully saturated rings. The summed E-state index contributed by atoms with van der Waals surface area (Å²) in [7, 11) is 0. The van der Waals surface area contributed by atoms with Crippen LogP contribution in [0.5, 0.6) is 0 Å². The minimum Gasteiger partial charge on any atom is -0.315 e. The van der Waals surface area contributed by atoms with Crippen molar-refractivity contribution in [2.24, 2.45) is 17.8 Å². The van der Waals surface area contributed by atoms with Crippen molar-refractivity contribution in [2.75, 3.05) is 26.2 Å². The van der Waals surface area contributed by atoms with Crippen LogP contribution in [-0.4, -0.2) is 37.1 Å². The van der Waals surface area contributed by atoms with E-state index in [0.717, 1.165) is 23.8 Å². The van der Waals surface area contributed by atoms with Crippen molar-refractivity contribution in [1.82, 2.24) is 10.2 Å². The summed E-state index contributed by atoms with van der Waals surface area (Å²) in [6, 6.07) is 0.732. The molecule has 1 N–H and O–H groups in total. The number of hydrogen-bond acceptors (Lipinski definition) is 2. The summed E-state index contributed by atoms with van der Waals surface area (Å²) in [5.74, 6) is 2.38. The van der Waals surface area contributed by atoms with Crippen LogP contribution < -0.4 is 5.32 Å². The molecule has 2 rings (SSSR count). The molecule has 1 aliphatic carbocycles. The molecule has 0 saturated carbocycles. The van der Waals surface area contributed by atoms with Gasteiger partial charge in [0.05, 0.1) is 0 Å². The van der Waals surface area contributed by atoms with Gasteiger partial charge in [-0.2, -0.15) is 0 Å². The van der Waals surface area contributed by atoms with Crippen molar-refractivity contribution >= 4 is 0 Å². The molecule has 2 nitrogen and oxygen atoms in total. The van der Waals surface area contributed by atoms with Crippen LogP contribution in [0.3, 0.4) is 0 Å². The number of rotatable bonds is 6. The van der Waals surface area contributed by atoms with Crippen LogP contribution in [0.15, 0.2) is 11.6 Å². The van der Waals surface area contributed by atoms with E-state index in [9.17, 15) is 0 Å². The Morgan fingerprint density at radius 3 is 2.60 bits per heavy atom. The van der Waals surface area contributed by atoms with Crippen molar-refractivity contribution in [1.29, 1.82) is 0 Å². The molecule has 3 atom stereocenters. The van der Waals surface area contributed by atoms with Gasteiger partial charge in [0.2, 0.25) is 0 Å². The smallest absolute Gasteiger partial charge is 0.0243 e. The molecule has 2 heteroatoms. The molecule has 116 valence electrons. The van der Waals surface area contributed by atoms with E-state index < -0.39 is 0 Å². The molecule has 0 spiro atoms. The number of nitrogens with zero attached hydrogens (tertiary/aromatic N) is 1. The van der Waals surface area contributed by atoms with E-state index in [2.05, 4.69) is 44.0 Å². The van der Waals surface area contributed by atoms with Gasteiger partial charge < -0.3 is 5.32 Å². The van der Waals surface area contributed by atoms with E-state index >= 15 is 0 Å². The molecule has 1 aliphatic heterocycles. The molecule has 1 heterocycles. The lowest BCUT2D eigenvalue weighted by molar-refractivity contribution is 0.183. The third-order valence-electron chi connectivity index (χ3n) is 5.05. The van der Waals surface area contributed by atoms with Crippen LogP contribution in [0.4, 0.5) is 0 Å². The first-order valence-electron chi connectivity index (χ1n) is 8.68. The SMILES string of the molecule is CC1=CC(C)CC(CNCC(C(C)C)N2CCCC2)C1. The van der Waals surface area contributed by atoms with Gasteiger partial charge in [-0.1, -0.05) is 32.4 Å². The molecular weight excluding hydrogens is 244 g/mol. The Kier molecular flexibility index (Phi) is 6.10. The third-order valence-corrected chi connectivity index (χ3v) is 5.05. The second-order valence-corrected chi connectivity index (χ2v) is 7.51. The summed E-state index contributed by atoms with van der Waals surface area (Å²) in [4.78, 5) is 2.70. The highest BCUT2D eigenvalue weighted by Crippen LogP contribution is 2.27. The highest BCUT2D eigenvalue weighted by Gasteiger charge is 2.25. The Hall–Kier alpha value is -0.340.